The normalized spacial score (nSPS) is 17.6. The van der Waals surface area contributed by atoms with Gasteiger partial charge < -0.3 is 15.5 Å². The molecule has 180 valence electrons. The summed E-state index contributed by atoms with van der Waals surface area (Å²) in [4.78, 5) is 39.7. The molecule has 5 rings (SSSR count). The molecule has 0 saturated carbocycles. The third kappa shape index (κ3) is 5.48. The van der Waals surface area contributed by atoms with E-state index in [1.165, 1.54) is 30.0 Å². The highest BCUT2D eigenvalue weighted by atomic mass is 16.2. The predicted molar refractivity (Wildman–Crippen MR) is 133 cm³/mol. The zero-order valence-electron chi connectivity index (χ0n) is 19.7. The van der Waals surface area contributed by atoms with Crippen molar-refractivity contribution in [2.75, 3.05) is 24.5 Å². The van der Waals surface area contributed by atoms with Crippen LogP contribution in [0.4, 0.5) is 5.69 Å². The van der Waals surface area contributed by atoms with Crippen LogP contribution in [0.1, 0.15) is 63.6 Å². The lowest BCUT2D eigenvalue weighted by Crippen LogP contribution is -2.35. The van der Waals surface area contributed by atoms with Crippen molar-refractivity contribution < 1.29 is 9.59 Å². The molecule has 0 spiro atoms. The van der Waals surface area contributed by atoms with Gasteiger partial charge in [-0.25, -0.2) is 9.97 Å². The molecule has 1 aliphatic heterocycles. The Labute approximate surface area is 205 Å². The molecule has 0 bridgehead atoms. The third-order valence-electron chi connectivity index (χ3n) is 7.09. The average Bonchev–Trinajstić information content (AvgIpc) is 3.32. The Morgan fingerprint density at radius 3 is 2.46 bits per heavy atom. The van der Waals surface area contributed by atoms with E-state index in [1.54, 1.807) is 0 Å². The standard InChI is InChI=1S/C27H30N6O2/c34-26(31-12-5-19-8-13-33(14-9-19)23-6-10-28-11-7-23)21-2-1-20-3-4-25(24(20)15-21)32-27(35)22-16-29-18-30-17-22/h1-2,6-7,10-11,15-19,25H,3-5,8-9,12-14H2,(H,31,34)(H,32,35). The van der Waals surface area contributed by atoms with Crippen molar-refractivity contribution >= 4 is 17.5 Å². The second kappa shape index (κ2) is 10.6. The number of aryl methyl sites for hydroxylation is 1. The minimum absolute atomic E-state index is 0.0598. The Kier molecular flexibility index (Phi) is 6.97. The lowest BCUT2D eigenvalue weighted by Gasteiger charge is -2.33. The Morgan fingerprint density at radius 1 is 0.914 bits per heavy atom. The number of carbonyl (C=O) groups excluding carboxylic acids is 2. The van der Waals surface area contributed by atoms with Crippen LogP contribution in [0, 0.1) is 5.92 Å². The number of nitrogens with one attached hydrogen (secondary N) is 2. The summed E-state index contributed by atoms with van der Waals surface area (Å²) in [5.74, 6) is 0.360. The number of rotatable bonds is 7. The van der Waals surface area contributed by atoms with Crippen molar-refractivity contribution in [3.8, 4) is 0 Å². The highest BCUT2D eigenvalue weighted by Gasteiger charge is 2.26. The number of hydrogen-bond donors (Lipinski definition) is 2. The van der Waals surface area contributed by atoms with Gasteiger partial charge in [0.15, 0.2) is 0 Å². The van der Waals surface area contributed by atoms with Gasteiger partial charge in [-0.3, -0.25) is 14.6 Å². The van der Waals surface area contributed by atoms with Gasteiger partial charge in [-0.1, -0.05) is 6.07 Å². The summed E-state index contributed by atoms with van der Waals surface area (Å²) in [6.07, 6.45) is 13.0. The number of anilines is 1. The molecule has 1 aromatic carbocycles. The summed E-state index contributed by atoms with van der Waals surface area (Å²) in [5.41, 5.74) is 4.50. The first-order valence-corrected chi connectivity index (χ1v) is 12.3. The number of hydrogen-bond acceptors (Lipinski definition) is 6. The van der Waals surface area contributed by atoms with Gasteiger partial charge in [-0.15, -0.1) is 0 Å². The van der Waals surface area contributed by atoms with E-state index in [0.717, 1.165) is 50.8 Å². The van der Waals surface area contributed by atoms with Gasteiger partial charge in [-0.05, 0) is 73.4 Å². The Hall–Kier alpha value is -3.81. The van der Waals surface area contributed by atoms with E-state index in [0.29, 0.717) is 23.6 Å². The minimum Gasteiger partial charge on any atom is -0.371 e. The first kappa shape index (κ1) is 23.0. The monoisotopic (exact) mass is 470 g/mol. The minimum atomic E-state index is -0.201. The van der Waals surface area contributed by atoms with Crippen LogP contribution in [0.5, 0.6) is 0 Å². The van der Waals surface area contributed by atoms with Crippen molar-refractivity contribution in [1.82, 2.24) is 25.6 Å². The molecule has 0 radical (unpaired) electrons. The quantitative estimate of drug-likeness (QED) is 0.550. The van der Waals surface area contributed by atoms with E-state index in [-0.39, 0.29) is 17.9 Å². The van der Waals surface area contributed by atoms with Gasteiger partial charge in [0, 0.05) is 55.7 Å². The summed E-state index contributed by atoms with van der Waals surface area (Å²) in [5, 5.41) is 6.16. The van der Waals surface area contributed by atoms with Crippen LogP contribution in [0.2, 0.25) is 0 Å². The van der Waals surface area contributed by atoms with Gasteiger partial charge in [0.1, 0.15) is 6.33 Å². The first-order chi connectivity index (χ1) is 17.2. The SMILES string of the molecule is O=C(NCCC1CCN(c2ccncc2)CC1)c1ccc2c(c1)C(NC(=O)c1cncnc1)CC2. The molecular formula is C27H30N6O2. The summed E-state index contributed by atoms with van der Waals surface area (Å²) >= 11 is 0. The highest BCUT2D eigenvalue weighted by molar-refractivity contribution is 5.95. The van der Waals surface area contributed by atoms with Crippen molar-refractivity contribution in [2.24, 2.45) is 5.92 Å². The second-order valence-corrected chi connectivity index (χ2v) is 9.29. The van der Waals surface area contributed by atoms with Crippen LogP contribution in [0.3, 0.4) is 0 Å². The van der Waals surface area contributed by atoms with Gasteiger partial charge in [0.05, 0.1) is 11.6 Å². The molecular weight excluding hydrogens is 440 g/mol. The third-order valence-corrected chi connectivity index (χ3v) is 7.09. The van der Waals surface area contributed by atoms with Crippen LogP contribution >= 0.6 is 0 Å². The van der Waals surface area contributed by atoms with E-state index < -0.39 is 0 Å². The van der Waals surface area contributed by atoms with Crippen molar-refractivity contribution in [3.05, 3.63) is 83.7 Å². The molecule has 1 saturated heterocycles. The molecule has 8 heteroatoms. The van der Waals surface area contributed by atoms with Crippen molar-refractivity contribution in [1.29, 1.82) is 0 Å². The van der Waals surface area contributed by atoms with E-state index in [2.05, 4.69) is 42.6 Å². The van der Waals surface area contributed by atoms with Crippen LogP contribution in [-0.2, 0) is 6.42 Å². The maximum atomic E-state index is 12.8. The summed E-state index contributed by atoms with van der Waals surface area (Å²) in [6.45, 7) is 2.75. The van der Waals surface area contributed by atoms with Gasteiger partial charge in [0.2, 0.25) is 0 Å². The number of amides is 2. The van der Waals surface area contributed by atoms with Gasteiger partial charge >= 0.3 is 0 Å². The topological polar surface area (TPSA) is 100 Å². The Balaban J connectivity index is 1.11. The number of fused-ring (bicyclic) bond motifs is 1. The fraction of sp³-hybridized carbons (Fsp3) is 0.370. The van der Waals surface area contributed by atoms with E-state index >= 15 is 0 Å². The molecule has 3 heterocycles. The number of aromatic nitrogens is 3. The van der Waals surface area contributed by atoms with Crippen LogP contribution in [0.25, 0.3) is 0 Å². The molecule has 2 amide bonds. The summed E-state index contributed by atoms with van der Waals surface area (Å²) < 4.78 is 0. The van der Waals surface area contributed by atoms with E-state index in [1.807, 2.05) is 30.6 Å². The van der Waals surface area contributed by atoms with Crippen molar-refractivity contribution in [3.63, 3.8) is 0 Å². The number of benzene rings is 1. The second-order valence-electron chi connectivity index (χ2n) is 9.29. The summed E-state index contributed by atoms with van der Waals surface area (Å²) in [6, 6.07) is 9.83. The molecule has 1 unspecified atom stereocenters. The van der Waals surface area contributed by atoms with E-state index in [9.17, 15) is 9.59 Å². The smallest absolute Gasteiger partial charge is 0.254 e. The fourth-order valence-corrected chi connectivity index (χ4v) is 5.08. The predicted octanol–water partition coefficient (Wildman–Crippen LogP) is 3.33. The average molecular weight is 471 g/mol. The summed E-state index contributed by atoms with van der Waals surface area (Å²) in [7, 11) is 0. The number of carbonyl (C=O) groups is 2. The van der Waals surface area contributed by atoms with E-state index in [4.69, 9.17) is 0 Å². The zero-order chi connectivity index (χ0) is 24.0. The molecule has 1 fully saturated rings. The molecule has 2 aromatic heterocycles. The maximum absolute atomic E-state index is 12.8. The van der Waals surface area contributed by atoms with Crippen LogP contribution in [0.15, 0.2) is 61.4 Å². The van der Waals surface area contributed by atoms with Crippen LogP contribution < -0.4 is 15.5 Å². The van der Waals surface area contributed by atoms with Gasteiger partial charge in [0.25, 0.3) is 11.8 Å². The largest absolute Gasteiger partial charge is 0.371 e. The Bertz CT molecular complexity index is 1160. The lowest BCUT2D eigenvalue weighted by atomic mass is 9.93. The molecule has 1 atom stereocenters. The molecule has 2 aliphatic rings. The Morgan fingerprint density at radius 2 is 1.69 bits per heavy atom. The van der Waals surface area contributed by atoms with Gasteiger partial charge in [-0.2, -0.15) is 0 Å². The lowest BCUT2D eigenvalue weighted by molar-refractivity contribution is 0.0934. The molecule has 35 heavy (non-hydrogen) atoms. The molecule has 8 nitrogen and oxygen atoms in total. The molecule has 1 aliphatic carbocycles. The van der Waals surface area contributed by atoms with Crippen LogP contribution in [-0.4, -0.2) is 46.4 Å². The highest BCUT2D eigenvalue weighted by Crippen LogP contribution is 2.32. The zero-order valence-corrected chi connectivity index (χ0v) is 19.7. The first-order valence-electron chi connectivity index (χ1n) is 12.3. The molecule has 3 aromatic rings. The fourth-order valence-electron chi connectivity index (χ4n) is 5.08. The number of pyridine rings is 1. The number of nitrogens with zero attached hydrogens (tertiary/aromatic N) is 4. The molecule has 2 N–H and O–H groups in total. The number of piperidine rings is 1. The maximum Gasteiger partial charge on any atom is 0.254 e. The van der Waals surface area contributed by atoms with Crippen molar-refractivity contribution in [2.45, 2.75) is 38.1 Å².